The molecule has 2 heterocycles. The Morgan fingerprint density at radius 1 is 1.44 bits per heavy atom. The van der Waals surface area contributed by atoms with Crippen molar-refractivity contribution in [3.63, 3.8) is 0 Å². The zero-order valence-corrected chi connectivity index (χ0v) is 13.9. The molecule has 7 nitrogen and oxygen atoms in total. The Balaban J connectivity index is 1.50. The van der Waals surface area contributed by atoms with E-state index in [2.05, 4.69) is 15.6 Å². The van der Waals surface area contributed by atoms with Gasteiger partial charge in [0.25, 0.3) is 0 Å². The number of aliphatic hydroxyl groups excluding tert-OH is 1. The highest BCUT2D eigenvalue weighted by molar-refractivity contribution is 5.86. The van der Waals surface area contributed by atoms with Crippen LogP contribution in [-0.4, -0.2) is 32.1 Å². The van der Waals surface area contributed by atoms with Gasteiger partial charge in [0.15, 0.2) is 5.58 Å². The van der Waals surface area contributed by atoms with E-state index in [0.29, 0.717) is 24.1 Å². The first-order chi connectivity index (χ1) is 12.1. The molecule has 0 radical (unpaired) electrons. The number of fused-ring (bicyclic) bond motifs is 1. The Labute approximate surface area is 144 Å². The highest BCUT2D eigenvalue weighted by Crippen LogP contribution is 2.38. The molecule has 1 aliphatic carbocycles. The van der Waals surface area contributed by atoms with Crippen LogP contribution < -0.4 is 5.32 Å². The summed E-state index contributed by atoms with van der Waals surface area (Å²) in [6, 6.07) is 7.35. The van der Waals surface area contributed by atoms with Gasteiger partial charge in [-0.1, -0.05) is 17.3 Å². The molecule has 0 bridgehead atoms. The molecule has 1 aromatic carbocycles. The quantitative estimate of drug-likeness (QED) is 0.738. The molecule has 130 valence electrons. The van der Waals surface area contributed by atoms with Crippen LogP contribution >= 0.6 is 0 Å². The molecule has 1 saturated carbocycles. The lowest BCUT2D eigenvalue weighted by Gasteiger charge is -2.37. The molecule has 0 saturated heterocycles. The lowest BCUT2D eigenvalue weighted by atomic mass is 9.75. The monoisotopic (exact) mass is 340 g/mol. The van der Waals surface area contributed by atoms with Crippen molar-refractivity contribution in [1.82, 2.24) is 20.3 Å². The number of amides is 1. The molecule has 0 aliphatic heterocycles. The summed E-state index contributed by atoms with van der Waals surface area (Å²) in [6.07, 6.45) is 4.92. The third-order valence-electron chi connectivity index (χ3n) is 4.80. The highest BCUT2D eigenvalue weighted by atomic mass is 16.5. The minimum absolute atomic E-state index is 0.116. The normalized spacial score (nSPS) is 21.0. The van der Waals surface area contributed by atoms with Crippen LogP contribution in [0.25, 0.3) is 11.0 Å². The molecular weight excluding hydrogens is 320 g/mol. The summed E-state index contributed by atoms with van der Waals surface area (Å²) in [5, 5.41) is 21.8. The van der Waals surface area contributed by atoms with Gasteiger partial charge < -0.3 is 14.9 Å². The molecule has 1 fully saturated rings. The van der Waals surface area contributed by atoms with Gasteiger partial charge >= 0.3 is 0 Å². The number of benzene rings is 1. The Bertz CT molecular complexity index is 895. The molecule has 0 spiro atoms. The summed E-state index contributed by atoms with van der Waals surface area (Å²) < 4.78 is 6.98. The van der Waals surface area contributed by atoms with Crippen molar-refractivity contribution in [2.45, 2.75) is 31.4 Å². The van der Waals surface area contributed by atoms with Gasteiger partial charge in [-0.25, -0.2) is 0 Å². The van der Waals surface area contributed by atoms with Crippen LogP contribution in [0.1, 0.15) is 30.1 Å². The van der Waals surface area contributed by atoms with Crippen LogP contribution in [-0.2, 0) is 18.3 Å². The third-order valence-corrected chi connectivity index (χ3v) is 4.80. The fourth-order valence-electron chi connectivity index (χ4n) is 3.42. The van der Waals surface area contributed by atoms with Gasteiger partial charge in [0.2, 0.25) is 5.91 Å². The third kappa shape index (κ3) is 3.15. The molecule has 4 rings (SSSR count). The van der Waals surface area contributed by atoms with E-state index in [-0.39, 0.29) is 30.4 Å². The van der Waals surface area contributed by atoms with Crippen molar-refractivity contribution in [2.24, 2.45) is 13.0 Å². The maximum atomic E-state index is 12.6. The highest BCUT2D eigenvalue weighted by Gasteiger charge is 2.36. The average Bonchev–Trinajstić information content (AvgIpc) is 3.17. The zero-order valence-electron chi connectivity index (χ0n) is 13.9. The number of hydrogen-bond donors (Lipinski definition) is 2. The first kappa shape index (κ1) is 15.8. The van der Waals surface area contributed by atoms with E-state index in [1.54, 1.807) is 10.9 Å². The minimum Gasteiger partial charge on any atom is -0.393 e. The molecule has 1 unspecified atom stereocenters. The summed E-state index contributed by atoms with van der Waals surface area (Å²) in [6.45, 7) is 0. The average molecular weight is 340 g/mol. The van der Waals surface area contributed by atoms with Gasteiger partial charge in [-0.05, 0) is 30.9 Å². The van der Waals surface area contributed by atoms with Crippen LogP contribution in [0.3, 0.4) is 0 Å². The van der Waals surface area contributed by atoms with Gasteiger partial charge in [-0.15, -0.1) is 0 Å². The second kappa shape index (κ2) is 6.33. The van der Waals surface area contributed by atoms with E-state index in [9.17, 15) is 9.90 Å². The van der Waals surface area contributed by atoms with Crippen molar-refractivity contribution in [2.75, 3.05) is 0 Å². The predicted octanol–water partition coefficient (Wildman–Crippen LogP) is 1.73. The van der Waals surface area contributed by atoms with Crippen molar-refractivity contribution in [3.8, 4) is 0 Å². The van der Waals surface area contributed by atoms with Gasteiger partial charge in [0.1, 0.15) is 5.69 Å². The van der Waals surface area contributed by atoms with Gasteiger partial charge in [0, 0.05) is 24.2 Å². The number of carbonyl (C=O) groups excluding carboxylic acids is 1. The van der Waals surface area contributed by atoms with E-state index in [1.807, 2.05) is 37.5 Å². The summed E-state index contributed by atoms with van der Waals surface area (Å²) in [4.78, 5) is 12.6. The lowest BCUT2D eigenvalue weighted by molar-refractivity contribution is -0.122. The van der Waals surface area contributed by atoms with E-state index >= 15 is 0 Å². The van der Waals surface area contributed by atoms with E-state index in [4.69, 9.17) is 4.52 Å². The fraction of sp³-hybridized carbons (Fsp3) is 0.389. The first-order valence-corrected chi connectivity index (χ1v) is 8.39. The number of para-hydroxylation sites is 1. The molecule has 7 heteroatoms. The topological polar surface area (TPSA) is 93.2 Å². The van der Waals surface area contributed by atoms with Crippen molar-refractivity contribution >= 4 is 16.9 Å². The largest absolute Gasteiger partial charge is 0.393 e. The molecule has 25 heavy (non-hydrogen) atoms. The Morgan fingerprint density at radius 3 is 2.96 bits per heavy atom. The Morgan fingerprint density at radius 2 is 2.24 bits per heavy atom. The maximum absolute atomic E-state index is 12.6. The van der Waals surface area contributed by atoms with Crippen molar-refractivity contribution < 1.29 is 14.4 Å². The summed E-state index contributed by atoms with van der Waals surface area (Å²) in [5.41, 5.74) is 2.26. The van der Waals surface area contributed by atoms with Crippen LogP contribution in [0.15, 0.2) is 41.2 Å². The zero-order chi connectivity index (χ0) is 17.4. The van der Waals surface area contributed by atoms with E-state index in [1.165, 1.54) is 0 Å². The molecule has 3 aromatic rings. The standard InChI is InChI=1S/C18H20N4O3/c1-22-10-12(9-19-22)18(11-6-13(23)7-11)20-17(24)8-15-14-4-2-3-5-16(14)25-21-15/h2-5,9-11,13,18,23H,6-8H2,1H3,(H,20,24). The first-order valence-electron chi connectivity index (χ1n) is 8.39. The maximum Gasteiger partial charge on any atom is 0.226 e. The van der Waals surface area contributed by atoms with Gasteiger partial charge in [-0.2, -0.15) is 5.10 Å². The van der Waals surface area contributed by atoms with Gasteiger partial charge in [0.05, 0.1) is 24.8 Å². The number of aromatic nitrogens is 3. The molecule has 1 aliphatic rings. The molecule has 1 atom stereocenters. The Kier molecular flexibility index (Phi) is 4.01. The van der Waals surface area contributed by atoms with E-state index in [0.717, 1.165) is 10.9 Å². The summed E-state index contributed by atoms with van der Waals surface area (Å²) in [7, 11) is 1.85. The number of aryl methyl sites for hydroxylation is 1. The number of nitrogens with zero attached hydrogens (tertiary/aromatic N) is 3. The lowest BCUT2D eigenvalue weighted by Crippen LogP contribution is -2.41. The predicted molar refractivity (Wildman–Crippen MR) is 90.5 cm³/mol. The number of hydrogen-bond acceptors (Lipinski definition) is 5. The fourth-order valence-corrected chi connectivity index (χ4v) is 3.42. The van der Waals surface area contributed by atoms with Crippen LogP contribution in [0.5, 0.6) is 0 Å². The molecule has 2 N–H and O–H groups in total. The summed E-state index contributed by atoms with van der Waals surface area (Å²) in [5.74, 6) is 0.103. The van der Waals surface area contributed by atoms with Crippen molar-refractivity contribution in [3.05, 3.63) is 47.9 Å². The number of nitrogens with one attached hydrogen (secondary N) is 1. The second-order valence-corrected chi connectivity index (χ2v) is 6.68. The number of aliphatic hydroxyl groups is 1. The second-order valence-electron chi connectivity index (χ2n) is 6.68. The Hall–Kier alpha value is -2.67. The smallest absolute Gasteiger partial charge is 0.226 e. The molecule has 1 amide bonds. The van der Waals surface area contributed by atoms with Crippen LogP contribution in [0.4, 0.5) is 0 Å². The SMILES string of the molecule is Cn1cc(C(NC(=O)Cc2noc3ccccc23)C2CC(O)C2)cn1. The van der Waals surface area contributed by atoms with Crippen molar-refractivity contribution in [1.29, 1.82) is 0 Å². The van der Waals surface area contributed by atoms with Crippen LogP contribution in [0, 0.1) is 5.92 Å². The van der Waals surface area contributed by atoms with Gasteiger partial charge in [-0.3, -0.25) is 9.48 Å². The molecular formula is C18H20N4O3. The minimum atomic E-state index is -0.277. The number of rotatable bonds is 5. The van der Waals surface area contributed by atoms with E-state index < -0.39 is 0 Å². The summed E-state index contributed by atoms with van der Waals surface area (Å²) >= 11 is 0. The molecule has 2 aromatic heterocycles. The van der Waals surface area contributed by atoms with Crippen LogP contribution in [0.2, 0.25) is 0 Å². The number of carbonyl (C=O) groups is 1.